The number of nitrogens with one attached hydrogen (secondary N) is 1. The number of halogens is 3. The van der Waals surface area contributed by atoms with E-state index in [4.69, 9.17) is 9.47 Å². The lowest BCUT2D eigenvalue weighted by Gasteiger charge is -2.39. The molecule has 13 heteroatoms. The lowest BCUT2D eigenvalue weighted by Crippen LogP contribution is -2.58. The molecule has 4 heterocycles. The number of rotatable bonds is 8. The average molecular weight is 634 g/mol. The Morgan fingerprint density at radius 3 is 2.48 bits per heavy atom. The maximum absolute atomic E-state index is 15.1. The highest BCUT2D eigenvalue weighted by Gasteiger charge is 2.64. The molecule has 0 spiro atoms. The Labute approximate surface area is 263 Å². The van der Waals surface area contributed by atoms with Gasteiger partial charge in [-0.3, -0.25) is 14.4 Å². The number of hydrogen-bond donors (Lipinski definition) is 1. The zero-order valence-electron chi connectivity index (χ0n) is 25.7. The summed E-state index contributed by atoms with van der Waals surface area (Å²) in [6, 6.07) is 17.6. The van der Waals surface area contributed by atoms with Crippen LogP contribution < -0.4 is 4.74 Å². The van der Waals surface area contributed by atoms with Gasteiger partial charge in [0.15, 0.2) is 0 Å². The quantitative estimate of drug-likeness (QED) is 0.249. The van der Waals surface area contributed by atoms with E-state index in [1.54, 1.807) is 16.9 Å². The van der Waals surface area contributed by atoms with Crippen LogP contribution in [0.5, 0.6) is 5.88 Å². The number of para-hydroxylation sites is 1. The van der Waals surface area contributed by atoms with Crippen LogP contribution in [-0.2, 0) is 28.7 Å². The maximum Gasteiger partial charge on any atom is 0.430 e. The number of methoxy groups -OCH3 is 2. The van der Waals surface area contributed by atoms with Crippen LogP contribution in [0.2, 0.25) is 0 Å². The lowest BCUT2D eigenvalue weighted by atomic mass is 9.90. The molecule has 1 fully saturated rings. The van der Waals surface area contributed by atoms with Crippen molar-refractivity contribution in [2.45, 2.75) is 30.8 Å². The van der Waals surface area contributed by atoms with Gasteiger partial charge in [0, 0.05) is 57.5 Å². The number of fused-ring (bicyclic) bond motifs is 1. The fourth-order valence-electron chi connectivity index (χ4n) is 6.13. The van der Waals surface area contributed by atoms with E-state index in [9.17, 15) is 4.79 Å². The van der Waals surface area contributed by atoms with E-state index in [1.807, 2.05) is 49.6 Å². The summed E-state index contributed by atoms with van der Waals surface area (Å²) in [4.78, 5) is 30.2. The molecule has 0 bridgehead atoms. The van der Waals surface area contributed by atoms with Gasteiger partial charge >= 0.3 is 6.18 Å². The van der Waals surface area contributed by atoms with Crippen molar-refractivity contribution in [3.63, 3.8) is 0 Å². The van der Waals surface area contributed by atoms with Crippen LogP contribution in [0, 0.1) is 0 Å². The highest BCUT2D eigenvalue weighted by Crippen LogP contribution is 2.45. The summed E-state index contributed by atoms with van der Waals surface area (Å²) < 4.78 is 57.7. The second kappa shape index (κ2) is 12.6. The molecule has 0 saturated carbocycles. The number of aromatic amines is 1. The molecular formula is C33H34F3N7O3. The lowest BCUT2D eigenvalue weighted by molar-refractivity contribution is -0.271. The Bertz CT molecular complexity index is 1820. The number of H-pyrrole nitrogens is 1. The van der Waals surface area contributed by atoms with Gasteiger partial charge in [-0.25, -0.2) is 9.97 Å². The van der Waals surface area contributed by atoms with Gasteiger partial charge in [0.25, 0.3) is 11.5 Å². The SMILES string of the molecule is COc1nc2ccccc2cc1-c1cnc([C@@H]2CCN(Cc3ccn(C)n3)CCN2C(=O)[C@@](OC)(c2ccccc2)C(F)(F)F)[nH]1. The Morgan fingerprint density at radius 1 is 1.02 bits per heavy atom. The smallest absolute Gasteiger partial charge is 0.430 e. The van der Waals surface area contributed by atoms with E-state index in [1.165, 1.54) is 36.3 Å². The van der Waals surface area contributed by atoms with Crippen LogP contribution in [0.25, 0.3) is 22.2 Å². The molecule has 1 aliphatic rings. The summed E-state index contributed by atoms with van der Waals surface area (Å²) in [5.41, 5.74) is -0.751. The summed E-state index contributed by atoms with van der Waals surface area (Å²) >= 11 is 0. The molecule has 1 saturated heterocycles. The van der Waals surface area contributed by atoms with Gasteiger partial charge in [-0.1, -0.05) is 48.5 Å². The number of imidazole rings is 1. The van der Waals surface area contributed by atoms with Crippen molar-refractivity contribution in [1.82, 2.24) is 34.5 Å². The second-order valence-corrected chi connectivity index (χ2v) is 11.2. The van der Waals surface area contributed by atoms with Crippen LogP contribution in [0.1, 0.15) is 29.5 Å². The minimum absolute atomic E-state index is 0.00123. The van der Waals surface area contributed by atoms with E-state index in [-0.39, 0.29) is 12.1 Å². The highest BCUT2D eigenvalue weighted by molar-refractivity contribution is 5.88. The first-order valence-electron chi connectivity index (χ1n) is 14.8. The zero-order valence-corrected chi connectivity index (χ0v) is 25.7. The molecule has 1 N–H and O–H groups in total. The molecule has 46 heavy (non-hydrogen) atoms. The van der Waals surface area contributed by atoms with Crippen molar-refractivity contribution in [3.05, 3.63) is 96.2 Å². The van der Waals surface area contributed by atoms with E-state index >= 15 is 13.2 Å². The van der Waals surface area contributed by atoms with Gasteiger partial charge in [0.05, 0.1) is 41.8 Å². The molecule has 0 unspecified atom stereocenters. The fourth-order valence-corrected chi connectivity index (χ4v) is 6.13. The third-order valence-corrected chi connectivity index (χ3v) is 8.44. The van der Waals surface area contributed by atoms with Crippen molar-refractivity contribution >= 4 is 16.8 Å². The first-order valence-corrected chi connectivity index (χ1v) is 14.8. The van der Waals surface area contributed by atoms with Gasteiger partial charge in [0.1, 0.15) is 5.82 Å². The average Bonchev–Trinajstić information content (AvgIpc) is 3.65. The number of hydrogen-bond acceptors (Lipinski definition) is 7. The molecule has 6 rings (SSSR count). The second-order valence-electron chi connectivity index (χ2n) is 11.2. The fraction of sp³-hybridized carbons (Fsp3) is 0.333. The number of carbonyl (C=O) groups excluding carboxylic acids is 1. The van der Waals surface area contributed by atoms with E-state index < -0.39 is 23.7 Å². The predicted molar refractivity (Wildman–Crippen MR) is 165 cm³/mol. The summed E-state index contributed by atoms with van der Waals surface area (Å²) in [5.74, 6) is -0.497. The molecule has 3 aromatic heterocycles. The Kier molecular flexibility index (Phi) is 8.53. The summed E-state index contributed by atoms with van der Waals surface area (Å²) in [7, 11) is 4.26. The van der Waals surface area contributed by atoms with Crippen LogP contribution in [0.3, 0.4) is 0 Å². The highest BCUT2D eigenvalue weighted by atomic mass is 19.4. The number of pyridine rings is 1. The van der Waals surface area contributed by atoms with Crippen LogP contribution in [-0.4, -0.2) is 80.5 Å². The molecule has 2 aromatic carbocycles. The van der Waals surface area contributed by atoms with Gasteiger partial charge in [-0.15, -0.1) is 0 Å². The normalized spacial score (nSPS) is 17.5. The summed E-state index contributed by atoms with van der Waals surface area (Å²) in [6.45, 7) is 1.29. The minimum Gasteiger partial charge on any atom is -0.480 e. The topological polar surface area (TPSA) is 101 Å². The number of alkyl halides is 3. The van der Waals surface area contributed by atoms with E-state index in [0.717, 1.165) is 23.7 Å². The standard InChI is InChI=1S/C33H34F3N7O3/c1-41-15-13-24(40-41)21-42-16-14-28(29-37-20-27(38-29)25-19-22-9-7-8-12-26(22)39-30(25)45-2)43(18-17-42)31(44)32(46-3,33(34,35)36)23-10-5-4-6-11-23/h4-13,15,19-20,28H,14,16-18,21H2,1-3H3,(H,37,38)/t28-,32-/m0/s1. The van der Waals surface area contributed by atoms with Gasteiger partial charge in [0.2, 0.25) is 5.88 Å². The van der Waals surface area contributed by atoms with Gasteiger partial charge < -0.3 is 19.4 Å². The molecular weight excluding hydrogens is 599 g/mol. The third-order valence-electron chi connectivity index (χ3n) is 8.44. The van der Waals surface area contributed by atoms with Crippen molar-refractivity contribution < 1.29 is 27.4 Å². The van der Waals surface area contributed by atoms with Gasteiger partial charge in [-0.2, -0.15) is 18.3 Å². The zero-order chi connectivity index (χ0) is 32.5. The van der Waals surface area contributed by atoms with Gasteiger partial charge in [-0.05, 0) is 24.6 Å². The Morgan fingerprint density at radius 2 is 1.78 bits per heavy atom. The largest absolute Gasteiger partial charge is 0.480 e. The number of amides is 1. The Balaban J connectivity index is 1.41. The Hall–Kier alpha value is -4.75. The summed E-state index contributed by atoms with van der Waals surface area (Å²) in [5, 5.41) is 5.33. The number of ether oxygens (including phenoxy) is 2. The van der Waals surface area contributed by atoms with E-state index in [2.05, 4.69) is 25.0 Å². The number of carbonyl (C=O) groups is 1. The molecule has 0 aliphatic carbocycles. The summed E-state index contributed by atoms with van der Waals surface area (Å²) in [6.07, 6.45) is -1.32. The number of aromatic nitrogens is 5. The van der Waals surface area contributed by atoms with E-state index in [0.29, 0.717) is 49.0 Å². The molecule has 0 radical (unpaired) electrons. The maximum atomic E-state index is 15.1. The molecule has 1 aliphatic heterocycles. The monoisotopic (exact) mass is 633 g/mol. The van der Waals surface area contributed by atoms with Crippen molar-refractivity contribution in [1.29, 1.82) is 0 Å². The van der Waals surface area contributed by atoms with Crippen molar-refractivity contribution in [2.75, 3.05) is 33.9 Å². The molecule has 240 valence electrons. The van der Waals surface area contributed by atoms with Crippen LogP contribution >= 0.6 is 0 Å². The van der Waals surface area contributed by atoms with Crippen LogP contribution in [0.4, 0.5) is 13.2 Å². The molecule has 10 nitrogen and oxygen atoms in total. The molecule has 2 atom stereocenters. The van der Waals surface area contributed by atoms with Crippen molar-refractivity contribution in [2.24, 2.45) is 7.05 Å². The first kappa shape index (κ1) is 31.2. The first-order chi connectivity index (χ1) is 22.1. The molecule has 5 aromatic rings. The number of aryl methyl sites for hydroxylation is 1. The van der Waals surface area contributed by atoms with Crippen LogP contribution in [0.15, 0.2) is 79.1 Å². The predicted octanol–water partition coefficient (Wildman–Crippen LogP) is 5.25. The van der Waals surface area contributed by atoms with Crippen molar-refractivity contribution in [3.8, 4) is 17.1 Å². The number of nitrogens with zero attached hydrogens (tertiary/aromatic N) is 6. The minimum atomic E-state index is -5.05. The number of benzene rings is 2. The molecule has 1 amide bonds. The third kappa shape index (κ3) is 5.71.